The molecule has 2 aromatic rings. The van der Waals surface area contributed by atoms with Gasteiger partial charge in [0.25, 0.3) is 5.89 Å². The van der Waals surface area contributed by atoms with E-state index in [0.717, 1.165) is 11.3 Å². The van der Waals surface area contributed by atoms with Gasteiger partial charge in [-0.1, -0.05) is 19.0 Å². The maximum Gasteiger partial charge on any atom is 0.258 e. The molecular weight excluding hydrogens is 248 g/mol. The van der Waals surface area contributed by atoms with Crippen LogP contribution in [0.15, 0.2) is 22.9 Å². The summed E-state index contributed by atoms with van der Waals surface area (Å²) >= 11 is 1.75. The first-order valence-corrected chi connectivity index (χ1v) is 6.54. The van der Waals surface area contributed by atoms with Gasteiger partial charge in [-0.05, 0) is 17.4 Å². The zero-order valence-electron chi connectivity index (χ0n) is 10.1. The molecule has 0 spiro atoms. The molecule has 5 nitrogen and oxygen atoms in total. The highest BCUT2D eigenvalue weighted by Gasteiger charge is 2.10. The minimum absolute atomic E-state index is 0.337. The standard InChI is InChI=1S/C12H12N4OS/c1-8(2)18-7-11-15-12(17-16-11)9-3-4-14-10(5-9)6-13/h3-5,8H,7H2,1-2H3. The average Bonchev–Trinajstić information content (AvgIpc) is 2.85. The highest BCUT2D eigenvalue weighted by atomic mass is 32.2. The molecule has 0 unspecified atom stereocenters. The molecule has 0 radical (unpaired) electrons. The molecule has 6 heteroatoms. The van der Waals surface area contributed by atoms with Gasteiger partial charge in [0, 0.05) is 11.8 Å². The Labute approximate surface area is 109 Å². The fourth-order valence-electron chi connectivity index (χ4n) is 1.30. The van der Waals surface area contributed by atoms with Crippen molar-refractivity contribution in [2.45, 2.75) is 24.9 Å². The summed E-state index contributed by atoms with van der Waals surface area (Å²) in [5.74, 6) is 1.81. The van der Waals surface area contributed by atoms with E-state index in [1.807, 2.05) is 6.07 Å². The number of hydrogen-bond donors (Lipinski definition) is 0. The van der Waals surface area contributed by atoms with Crippen molar-refractivity contribution in [2.24, 2.45) is 0 Å². The molecular formula is C12H12N4OS. The lowest BCUT2D eigenvalue weighted by molar-refractivity contribution is 0.425. The number of pyridine rings is 1. The lowest BCUT2D eigenvalue weighted by Gasteiger charge is -1.99. The van der Waals surface area contributed by atoms with Crippen LogP contribution in [0.3, 0.4) is 0 Å². The fraction of sp³-hybridized carbons (Fsp3) is 0.333. The molecule has 0 N–H and O–H groups in total. The number of rotatable bonds is 4. The van der Waals surface area contributed by atoms with Crippen LogP contribution >= 0.6 is 11.8 Å². The summed E-state index contributed by atoms with van der Waals surface area (Å²) in [5.41, 5.74) is 1.05. The normalized spacial score (nSPS) is 10.6. The van der Waals surface area contributed by atoms with Gasteiger partial charge in [-0.25, -0.2) is 4.98 Å². The van der Waals surface area contributed by atoms with Crippen molar-refractivity contribution in [2.75, 3.05) is 0 Å². The van der Waals surface area contributed by atoms with Crippen LogP contribution in [0.5, 0.6) is 0 Å². The van der Waals surface area contributed by atoms with Crippen LogP contribution in [-0.2, 0) is 5.75 Å². The third kappa shape index (κ3) is 3.08. The Morgan fingerprint density at radius 2 is 2.33 bits per heavy atom. The van der Waals surface area contributed by atoms with Gasteiger partial charge in [-0.2, -0.15) is 22.0 Å². The average molecular weight is 260 g/mol. The minimum Gasteiger partial charge on any atom is -0.334 e. The first-order valence-electron chi connectivity index (χ1n) is 5.49. The molecule has 92 valence electrons. The van der Waals surface area contributed by atoms with E-state index in [-0.39, 0.29) is 0 Å². The highest BCUT2D eigenvalue weighted by molar-refractivity contribution is 7.99. The van der Waals surface area contributed by atoms with Crippen molar-refractivity contribution in [1.29, 1.82) is 5.26 Å². The van der Waals surface area contributed by atoms with E-state index in [2.05, 4.69) is 29.0 Å². The lowest BCUT2D eigenvalue weighted by atomic mass is 10.2. The van der Waals surface area contributed by atoms with Gasteiger partial charge in [-0.3, -0.25) is 0 Å². The van der Waals surface area contributed by atoms with Gasteiger partial charge in [0.15, 0.2) is 5.82 Å². The van der Waals surface area contributed by atoms with Gasteiger partial charge in [0.1, 0.15) is 11.8 Å². The summed E-state index contributed by atoms with van der Waals surface area (Å²) in [5, 5.41) is 13.2. The fourth-order valence-corrected chi connectivity index (χ4v) is 1.90. The van der Waals surface area contributed by atoms with Crippen LogP contribution in [0, 0.1) is 11.3 Å². The molecule has 2 rings (SSSR count). The smallest absolute Gasteiger partial charge is 0.258 e. The number of thioether (sulfide) groups is 1. The molecule has 0 aliphatic heterocycles. The van der Waals surface area contributed by atoms with Crippen LogP contribution in [0.25, 0.3) is 11.5 Å². The van der Waals surface area contributed by atoms with Crippen molar-refractivity contribution < 1.29 is 4.52 Å². The van der Waals surface area contributed by atoms with E-state index in [1.165, 1.54) is 0 Å². The molecule has 0 bridgehead atoms. The quantitative estimate of drug-likeness (QED) is 0.841. The van der Waals surface area contributed by atoms with E-state index < -0.39 is 0 Å². The van der Waals surface area contributed by atoms with Gasteiger partial charge in [0.2, 0.25) is 0 Å². The van der Waals surface area contributed by atoms with E-state index in [0.29, 0.717) is 22.7 Å². The number of nitrogens with zero attached hydrogens (tertiary/aromatic N) is 4. The Kier molecular flexibility index (Phi) is 3.95. The molecule has 0 aliphatic rings. The van der Waals surface area contributed by atoms with Crippen LogP contribution in [0.1, 0.15) is 25.4 Å². The highest BCUT2D eigenvalue weighted by Crippen LogP contribution is 2.20. The van der Waals surface area contributed by atoms with E-state index in [4.69, 9.17) is 9.78 Å². The molecule has 2 aromatic heterocycles. The van der Waals surface area contributed by atoms with E-state index >= 15 is 0 Å². The third-order valence-electron chi connectivity index (χ3n) is 2.14. The number of aromatic nitrogens is 3. The third-order valence-corrected chi connectivity index (χ3v) is 3.23. The Bertz CT molecular complexity index is 573. The molecule has 0 amide bonds. The SMILES string of the molecule is CC(C)SCc1noc(-c2ccnc(C#N)c2)n1. The predicted octanol–water partition coefficient (Wildman–Crippen LogP) is 2.64. The van der Waals surface area contributed by atoms with Crippen molar-refractivity contribution in [3.63, 3.8) is 0 Å². The zero-order valence-corrected chi connectivity index (χ0v) is 10.9. The van der Waals surface area contributed by atoms with Gasteiger partial charge in [-0.15, -0.1) is 0 Å². The second-order valence-electron chi connectivity index (χ2n) is 3.92. The molecule has 0 atom stereocenters. The van der Waals surface area contributed by atoms with Gasteiger partial charge < -0.3 is 4.52 Å². The Hall–Kier alpha value is -1.87. The summed E-state index contributed by atoms with van der Waals surface area (Å²) in [6.45, 7) is 4.24. The van der Waals surface area contributed by atoms with E-state index in [1.54, 1.807) is 30.1 Å². The number of nitriles is 1. The largest absolute Gasteiger partial charge is 0.334 e. The number of hydrogen-bond acceptors (Lipinski definition) is 6. The second kappa shape index (κ2) is 5.65. The summed E-state index contributed by atoms with van der Waals surface area (Å²) in [6, 6.07) is 5.35. The van der Waals surface area contributed by atoms with Crippen molar-refractivity contribution in [1.82, 2.24) is 15.1 Å². The summed E-state index contributed by atoms with van der Waals surface area (Å²) in [6.07, 6.45) is 1.56. The second-order valence-corrected chi connectivity index (χ2v) is 5.48. The maximum absolute atomic E-state index is 8.78. The Balaban J connectivity index is 2.16. The Morgan fingerprint density at radius 3 is 3.06 bits per heavy atom. The molecule has 0 saturated heterocycles. The summed E-state index contributed by atoms with van der Waals surface area (Å²) in [7, 11) is 0. The Morgan fingerprint density at radius 1 is 1.50 bits per heavy atom. The first-order chi connectivity index (χ1) is 8.69. The molecule has 0 aromatic carbocycles. The predicted molar refractivity (Wildman–Crippen MR) is 68.7 cm³/mol. The van der Waals surface area contributed by atoms with Crippen LogP contribution in [0.2, 0.25) is 0 Å². The van der Waals surface area contributed by atoms with Crippen LogP contribution in [-0.4, -0.2) is 20.4 Å². The van der Waals surface area contributed by atoms with Crippen molar-refractivity contribution in [3.8, 4) is 17.5 Å². The molecule has 18 heavy (non-hydrogen) atoms. The van der Waals surface area contributed by atoms with Gasteiger partial charge >= 0.3 is 0 Å². The first kappa shape index (κ1) is 12.6. The molecule has 0 aliphatic carbocycles. The van der Waals surface area contributed by atoms with Gasteiger partial charge in [0.05, 0.1) is 5.75 Å². The van der Waals surface area contributed by atoms with Crippen LogP contribution < -0.4 is 0 Å². The summed E-state index contributed by atoms with van der Waals surface area (Å²) in [4.78, 5) is 8.19. The summed E-state index contributed by atoms with van der Waals surface area (Å²) < 4.78 is 5.17. The topological polar surface area (TPSA) is 75.6 Å². The lowest BCUT2D eigenvalue weighted by Crippen LogP contribution is -1.90. The minimum atomic E-state index is 0.337. The zero-order chi connectivity index (χ0) is 13.0. The van der Waals surface area contributed by atoms with E-state index in [9.17, 15) is 0 Å². The molecule has 0 saturated carbocycles. The monoisotopic (exact) mass is 260 g/mol. The van der Waals surface area contributed by atoms with Crippen molar-refractivity contribution in [3.05, 3.63) is 29.8 Å². The molecule has 0 fully saturated rings. The van der Waals surface area contributed by atoms with Crippen molar-refractivity contribution >= 4 is 11.8 Å². The van der Waals surface area contributed by atoms with Crippen LogP contribution in [0.4, 0.5) is 0 Å². The molecule has 2 heterocycles. The maximum atomic E-state index is 8.78.